The molecule has 130 valence electrons. The highest BCUT2D eigenvalue weighted by Crippen LogP contribution is 2.26. The highest BCUT2D eigenvalue weighted by molar-refractivity contribution is 9.10. The third kappa shape index (κ3) is 4.50. The predicted molar refractivity (Wildman–Crippen MR) is 102 cm³/mol. The Morgan fingerprint density at radius 2 is 2.20 bits per heavy atom. The molecule has 2 aromatic rings. The number of halogens is 1. The first-order valence-electron chi connectivity index (χ1n) is 8.16. The largest absolute Gasteiger partial charge is 0.496 e. The van der Waals surface area contributed by atoms with Crippen LogP contribution < -0.4 is 10.1 Å². The molecule has 0 aromatic heterocycles. The molecule has 1 unspecified atom stereocenters. The molecule has 2 aromatic carbocycles. The van der Waals surface area contributed by atoms with Crippen LogP contribution in [0.2, 0.25) is 0 Å². The third-order valence-corrected chi connectivity index (χ3v) is 4.65. The highest BCUT2D eigenvalue weighted by Gasteiger charge is 2.20. The van der Waals surface area contributed by atoms with Crippen molar-refractivity contribution in [3.05, 3.63) is 69.7 Å². The van der Waals surface area contributed by atoms with Crippen LogP contribution in [0, 0.1) is 0 Å². The average molecular weight is 402 g/mol. The van der Waals surface area contributed by atoms with E-state index in [9.17, 15) is 4.79 Å². The van der Waals surface area contributed by atoms with Crippen molar-refractivity contribution in [1.82, 2.24) is 5.32 Å². The number of rotatable bonds is 5. The lowest BCUT2D eigenvalue weighted by Gasteiger charge is -2.26. The van der Waals surface area contributed by atoms with Crippen LogP contribution in [0.4, 0.5) is 0 Å². The minimum atomic E-state index is -0.159. The van der Waals surface area contributed by atoms with Gasteiger partial charge in [-0.1, -0.05) is 40.2 Å². The second kappa shape index (κ2) is 8.32. The SMILES string of the molecule is COc1ccc(Br)cc1/C=C/C(=O)NCC1OCCc2ccccc21. The molecule has 1 atom stereocenters. The molecule has 0 aliphatic carbocycles. The first kappa shape index (κ1) is 17.7. The van der Waals surface area contributed by atoms with Crippen molar-refractivity contribution in [2.75, 3.05) is 20.3 Å². The smallest absolute Gasteiger partial charge is 0.244 e. The summed E-state index contributed by atoms with van der Waals surface area (Å²) in [6, 6.07) is 13.9. The van der Waals surface area contributed by atoms with Gasteiger partial charge in [-0.15, -0.1) is 0 Å². The van der Waals surface area contributed by atoms with E-state index in [0.717, 1.165) is 27.8 Å². The van der Waals surface area contributed by atoms with Crippen LogP contribution in [0.25, 0.3) is 6.08 Å². The van der Waals surface area contributed by atoms with Gasteiger partial charge < -0.3 is 14.8 Å². The first-order chi connectivity index (χ1) is 12.2. The molecule has 0 saturated heterocycles. The molecule has 0 bridgehead atoms. The summed E-state index contributed by atoms with van der Waals surface area (Å²) in [4.78, 5) is 12.1. The number of amides is 1. The van der Waals surface area contributed by atoms with Crippen molar-refractivity contribution in [3.63, 3.8) is 0 Å². The van der Waals surface area contributed by atoms with Gasteiger partial charge >= 0.3 is 0 Å². The topological polar surface area (TPSA) is 47.6 Å². The van der Waals surface area contributed by atoms with Gasteiger partial charge in [0.25, 0.3) is 0 Å². The fourth-order valence-corrected chi connectivity index (χ4v) is 3.28. The van der Waals surface area contributed by atoms with Gasteiger partial charge in [-0.05, 0) is 41.8 Å². The number of hydrogen-bond acceptors (Lipinski definition) is 3. The van der Waals surface area contributed by atoms with Crippen LogP contribution in [-0.2, 0) is 16.0 Å². The first-order valence-corrected chi connectivity index (χ1v) is 8.95. The Balaban J connectivity index is 1.62. The zero-order chi connectivity index (χ0) is 17.6. The second-order valence-electron chi connectivity index (χ2n) is 5.77. The molecule has 1 aliphatic rings. The van der Waals surface area contributed by atoms with Crippen LogP contribution in [-0.4, -0.2) is 26.2 Å². The van der Waals surface area contributed by atoms with E-state index >= 15 is 0 Å². The zero-order valence-electron chi connectivity index (χ0n) is 14.0. The standard InChI is InChI=1S/C20H20BrNO3/c1-24-18-8-7-16(21)12-15(18)6-9-20(23)22-13-19-17-5-3-2-4-14(17)10-11-25-19/h2-9,12,19H,10-11,13H2,1H3,(H,22,23)/b9-6+. The summed E-state index contributed by atoms with van der Waals surface area (Å²) in [7, 11) is 1.61. The summed E-state index contributed by atoms with van der Waals surface area (Å²) in [6.07, 6.45) is 4.08. The van der Waals surface area contributed by atoms with Crippen molar-refractivity contribution >= 4 is 27.9 Å². The fraction of sp³-hybridized carbons (Fsp3) is 0.250. The third-order valence-electron chi connectivity index (χ3n) is 4.16. The molecule has 0 fully saturated rings. The van der Waals surface area contributed by atoms with Gasteiger partial charge in [0.1, 0.15) is 11.9 Å². The summed E-state index contributed by atoms with van der Waals surface area (Å²) in [5.41, 5.74) is 3.29. The maximum absolute atomic E-state index is 12.1. The minimum Gasteiger partial charge on any atom is -0.496 e. The molecule has 0 spiro atoms. The number of hydrogen-bond donors (Lipinski definition) is 1. The molecular weight excluding hydrogens is 382 g/mol. The van der Waals surface area contributed by atoms with Crippen LogP contribution >= 0.6 is 15.9 Å². The second-order valence-corrected chi connectivity index (χ2v) is 6.69. The van der Waals surface area contributed by atoms with E-state index in [4.69, 9.17) is 9.47 Å². The number of benzene rings is 2. The molecule has 3 rings (SSSR count). The summed E-state index contributed by atoms with van der Waals surface area (Å²) >= 11 is 3.42. The quantitative estimate of drug-likeness (QED) is 0.772. The van der Waals surface area contributed by atoms with Gasteiger partial charge in [0.15, 0.2) is 0 Å². The van der Waals surface area contributed by atoms with Gasteiger partial charge in [-0.25, -0.2) is 0 Å². The molecule has 1 amide bonds. The lowest BCUT2D eigenvalue weighted by molar-refractivity contribution is -0.117. The molecule has 1 aliphatic heterocycles. The van der Waals surface area contributed by atoms with E-state index in [2.05, 4.69) is 33.4 Å². The van der Waals surface area contributed by atoms with Crippen LogP contribution in [0.15, 0.2) is 53.0 Å². The molecule has 1 N–H and O–H groups in total. The van der Waals surface area contributed by atoms with Crippen molar-refractivity contribution < 1.29 is 14.3 Å². The molecule has 0 radical (unpaired) electrons. The Morgan fingerprint density at radius 1 is 1.36 bits per heavy atom. The lowest BCUT2D eigenvalue weighted by atomic mass is 9.97. The van der Waals surface area contributed by atoms with E-state index in [1.54, 1.807) is 13.2 Å². The van der Waals surface area contributed by atoms with Crippen molar-refractivity contribution in [2.45, 2.75) is 12.5 Å². The monoisotopic (exact) mass is 401 g/mol. The van der Waals surface area contributed by atoms with Crippen LogP contribution in [0.5, 0.6) is 5.75 Å². The molecule has 4 nitrogen and oxygen atoms in total. The summed E-state index contributed by atoms with van der Waals surface area (Å²) < 4.78 is 12.0. The summed E-state index contributed by atoms with van der Waals surface area (Å²) in [5, 5.41) is 2.91. The van der Waals surface area contributed by atoms with Gasteiger partial charge in [-0.2, -0.15) is 0 Å². The van der Waals surface area contributed by atoms with E-state index in [-0.39, 0.29) is 12.0 Å². The van der Waals surface area contributed by atoms with Gasteiger partial charge in [0, 0.05) is 22.7 Å². The maximum Gasteiger partial charge on any atom is 0.244 e. The fourth-order valence-electron chi connectivity index (χ4n) is 2.90. The van der Waals surface area contributed by atoms with Crippen LogP contribution in [0.1, 0.15) is 22.8 Å². The molecule has 1 heterocycles. The number of nitrogens with one attached hydrogen (secondary N) is 1. The number of methoxy groups -OCH3 is 1. The Labute approximate surface area is 156 Å². The zero-order valence-corrected chi connectivity index (χ0v) is 15.6. The summed E-state index contributed by atoms with van der Waals surface area (Å²) in [5.74, 6) is 0.561. The Morgan fingerprint density at radius 3 is 3.04 bits per heavy atom. The number of carbonyl (C=O) groups excluding carboxylic acids is 1. The molecular formula is C20H20BrNO3. The minimum absolute atomic E-state index is 0.0947. The van der Waals surface area contributed by atoms with Crippen molar-refractivity contribution in [3.8, 4) is 5.75 Å². The Hall–Kier alpha value is -2.11. The highest BCUT2D eigenvalue weighted by atomic mass is 79.9. The Bertz CT molecular complexity index is 788. The predicted octanol–water partition coefficient (Wildman–Crippen LogP) is 3.90. The summed E-state index contributed by atoms with van der Waals surface area (Å²) in [6.45, 7) is 1.14. The average Bonchev–Trinajstić information content (AvgIpc) is 2.64. The van der Waals surface area contributed by atoms with Crippen molar-refractivity contribution in [1.29, 1.82) is 0 Å². The van der Waals surface area contributed by atoms with Gasteiger partial charge in [0.2, 0.25) is 5.91 Å². The van der Waals surface area contributed by atoms with E-state index in [1.165, 1.54) is 11.6 Å². The lowest BCUT2D eigenvalue weighted by Crippen LogP contribution is -2.30. The normalized spacial score (nSPS) is 16.5. The van der Waals surface area contributed by atoms with Gasteiger partial charge in [-0.3, -0.25) is 4.79 Å². The number of ether oxygens (including phenoxy) is 2. The van der Waals surface area contributed by atoms with Crippen molar-refractivity contribution in [2.24, 2.45) is 0 Å². The maximum atomic E-state index is 12.1. The van der Waals surface area contributed by atoms with Gasteiger partial charge in [0.05, 0.1) is 13.7 Å². The van der Waals surface area contributed by atoms with E-state index in [0.29, 0.717) is 13.2 Å². The molecule has 0 saturated carbocycles. The van der Waals surface area contributed by atoms with Crippen LogP contribution in [0.3, 0.4) is 0 Å². The molecule has 5 heteroatoms. The molecule has 25 heavy (non-hydrogen) atoms. The Kier molecular flexibility index (Phi) is 5.89. The number of carbonyl (C=O) groups is 1. The van der Waals surface area contributed by atoms with E-state index < -0.39 is 0 Å². The van der Waals surface area contributed by atoms with E-state index in [1.807, 2.05) is 30.3 Å². The number of fused-ring (bicyclic) bond motifs is 1.